The van der Waals surface area contributed by atoms with Gasteiger partial charge < -0.3 is 4.43 Å². The molecule has 3 heteroatoms. The van der Waals surface area contributed by atoms with Crippen LogP contribution in [-0.2, 0) is 9.22 Å². The molecular formula is C24H32O2Si. The molecule has 0 bridgehead atoms. The van der Waals surface area contributed by atoms with Crippen molar-refractivity contribution in [3.05, 3.63) is 72.3 Å². The van der Waals surface area contributed by atoms with E-state index in [1.165, 1.54) is 10.4 Å². The summed E-state index contributed by atoms with van der Waals surface area (Å²) in [6.45, 7) is 11.5. The Morgan fingerprint density at radius 2 is 1.48 bits per heavy atom. The number of aldehydes is 1. The molecule has 1 atom stereocenters. The molecule has 2 rings (SSSR count). The number of carbonyl (C=O) groups is 1. The summed E-state index contributed by atoms with van der Waals surface area (Å²) < 4.78 is 6.87. The molecule has 0 N–H and O–H groups in total. The lowest BCUT2D eigenvalue weighted by atomic mass is 10.1. The first-order chi connectivity index (χ1) is 12.8. The van der Waals surface area contributed by atoms with Gasteiger partial charge in [0.05, 0.1) is 0 Å². The van der Waals surface area contributed by atoms with Crippen LogP contribution in [0.3, 0.4) is 0 Å². The van der Waals surface area contributed by atoms with Crippen molar-refractivity contribution in [2.45, 2.75) is 46.1 Å². The molecule has 0 aliphatic rings. The van der Waals surface area contributed by atoms with Gasteiger partial charge in [-0.2, -0.15) is 0 Å². The van der Waals surface area contributed by atoms with Gasteiger partial charge >= 0.3 is 0 Å². The van der Waals surface area contributed by atoms with E-state index in [9.17, 15) is 4.79 Å². The molecule has 0 saturated carbocycles. The normalized spacial score (nSPS) is 14.0. The van der Waals surface area contributed by atoms with Crippen molar-refractivity contribution in [2.24, 2.45) is 5.92 Å². The molecule has 0 unspecified atom stereocenters. The summed E-state index contributed by atoms with van der Waals surface area (Å²) >= 11 is 0. The molecule has 0 aromatic heterocycles. The fourth-order valence-electron chi connectivity index (χ4n) is 3.73. The Balaban J connectivity index is 2.39. The summed E-state index contributed by atoms with van der Waals surface area (Å²) in [5.41, 5.74) is 0.785. The van der Waals surface area contributed by atoms with Gasteiger partial charge in [0.25, 0.3) is 8.32 Å². The van der Waals surface area contributed by atoms with E-state index in [2.05, 4.69) is 88.4 Å². The molecule has 0 radical (unpaired) electrons. The van der Waals surface area contributed by atoms with Crippen molar-refractivity contribution in [1.29, 1.82) is 0 Å². The fraction of sp³-hybridized carbons (Fsp3) is 0.375. The average Bonchev–Trinajstić information content (AvgIpc) is 2.65. The second-order valence-corrected chi connectivity index (χ2v) is 12.6. The number of hydrogen-bond acceptors (Lipinski definition) is 2. The lowest BCUT2D eigenvalue weighted by Crippen LogP contribution is -2.66. The van der Waals surface area contributed by atoms with Crippen LogP contribution in [0, 0.1) is 5.92 Å². The highest BCUT2D eigenvalue weighted by atomic mass is 28.4. The monoisotopic (exact) mass is 380 g/mol. The third-order valence-corrected chi connectivity index (χ3v) is 10.1. The van der Waals surface area contributed by atoms with E-state index in [1.54, 1.807) is 0 Å². The van der Waals surface area contributed by atoms with Gasteiger partial charge in [-0.3, -0.25) is 4.79 Å². The third-order valence-electron chi connectivity index (χ3n) is 5.04. The van der Waals surface area contributed by atoms with Crippen molar-refractivity contribution in [3.8, 4) is 0 Å². The maximum Gasteiger partial charge on any atom is 0.261 e. The minimum atomic E-state index is -2.45. The van der Waals surface area contributed by atoms with Gasteiger partial charge in [-0.1, -0.05) is 94.4 Å². The molecule has 2 aromatic carbocycles. The lowest BCUT2D eigenvalue weighted by molar-refractivity contribution is -0.104. The minimum Gasteiger partial charge on any atom is -0.407 e. The van der Waals surface area contributed by atoms with E-state index in [4.69, 9.17) is 4.43 Å². The molecule has 0 aliphatic carbocycles. The standard InChI is InChI=1S/C24H32O2Si/c1-20(18-21(2)19-25)16-17-26-27(24(3,4)5,22-12-8-6-9-13-22)23-14-10-7-11-15-23/h6-15,18-20H,16-17H2,1-5H3/b21-18+/t20-/m0/s1. The van der Waals surface area contributed by atoms with Gasteiger partial charge in [0.1, 0.15) is 6.29 Å². The first-order valence-corrected chi connectivity index (χ1v) is 11.6. The maximum absolute atomic E-state index is 10.9. The Morgan fingerprint density at radius 1 is 1.00 bits per heavy atom. The van der Waals surface area contributed by atoms with E-state index in [-0.39, 0.29) is 5.04 Å². The topological polar surface area (TPSA) is 26.3 Å². The Morgan fingerprint density at radius 3 is 1.89 bits per heavy atom. The Hall–Kier alpha value is -1.97. The molecule has 144 valence electrons. The second kappa shape index (κ2) is 9.29. The number of allylic oxidation sites excluding steroid dienone is 2. The van der Waals surface area contributed by atoms with Crippen LogP contribution in [0.4, 0.5) is 0 Å². The van der Waals surface area contributed by atoms with E-state index >= 15 is 0 Å². The zero-order valence-corrected chi connectivity index (χ0v) is 18.2. The zero-order valence-electron chi connectivity index (χ0n) is 17.2. The van der Waals surface area contributed by atoms with Crippen molar-refractivity contribution in [1.82, 2.24) is 0 Å². The Kier molecular flexibility index (Phi) is 7.34. The molecular weight excluding hydrogens is 348 g/mol. The number of benzene rings is 2. The predicted molar refractivity (Wildman–Crippen MR) is 117 cm³/mol. The van der Waals surface area contributed by atoms with Gasteiger partial charge in [0, 0.05) is 6.61 Å². The van der Waals surface area contributed by atoms with E-state index < -0.39 is 8.32 Å². The van der Waals surface area contributed by atoms with Crippen molar-refractivity contribution < 1.29 is 9.22 Å². The first-order valence-electron chi connectivity index (χ1n) is 9.70. The zero-order chi connectivity index (χ0) is 19.9. The van der Waals surface area contributed by atoms with Crippen molar-refractivity contribution in [2.75, 3.05) is 6.61 Å². The highest BCUT2D eigenvalue weighted by molar-refractivity contribution is 6.99. The van der Waals surface area contributed by atoms with Crippen LogP contribution in [0.1, 0.15) is 41.0 Å². The summed E-state index contributed by atoms with van der Waals surface area (Å²) in [5.74, 6) is 0.313. The third kappa shape index (κ3) is 5.05. The van der Waals surface area contributed by atoms with Crippen LogP contribution in [0.15, 0.2) is 72.3 Å². The number of rotatable bonds is 8. The van der Waals surface area contributed by atoms with Crippen LogP contribution < -0.4 is 10.4 Å². The lowest BCUT2D eigenvalue weighted by Gasteiger charge is -2.43. The maximum atomic E-state index is 10.9. The number of carbonyl (C=O) groups excluding carboxylic acids is 1. The van der Waals surface area contributed by atoms with Crippen LogP contribution in [0.5, 0.6) is 0 Å². The van der Waals surface area contributed by atoms with Gasteiger partial charge in [-0.15, -0.1) is 0 Å². The van der Waals surface area contributed by atoms with Crippen molar-refractivity contribution in [3.63, 3.8) is 0 Å². The minimum absolute atomic E-state index is 0.00645. The largest absolute Gasteiger partial charge is 0.407 e. The molecule has 0 heterocycles. The van der Waals surface area contributed by atoms with Gasteiger partial charge in [-0.05, 0) is 40.2 Å². The molecule has 0 fully saturated rings. The average molecular weight is 381 g/mol. The summed E-state index contributed by atoms with van der Waals surface area (Å²) in [7, 11) is -2.45. The summed E-state index contributed by atoms with van der Waals surface area (Å²) in [5, 5.41) is 2.60. The smallest absolute Gasteiger partial charge is 0.261 e. The SMILES string of the molecule is C/C(C=O)=C\[C@@H](C)CCO[Si](c1ccccc1)(c1ccccc1)C(C)(C)C. The van der Waals surface area contributed by atoms with Gasteiger partial charge in [0.2, 0.25) is 0 Å². The quantitative estimate of drug-likeness (QED) is 0.376. The van der Waals surface area contributed by atoms with Gasteiger partial charge in [0.15, 0.2) is 0 Å². The van der Waals surface area contributed by atoms with E-state index in [0.29, 0.717) is 12.5 Å². The summed E-state index contributed by atoms with van der Waals surface area (Å²) in [6, 6.07) is 21.4. The summed E-state index contributed by atoms with van der Waals surface area (Å²) in [4.78, 5) is 10.9. The molecule has 2 aromatic rings. The molecule has 0 amide bonds. The second-order valence-electron chi connectivity index (χ2n) is 8.31. The highest BCUT2D eigenvalue weighted by Gasteiger charge is 2.49. The van der Waals surface area contributed by atoms with E-state index in [1.807, 2.05) is 13.0 Å². The van der Waals surface area contributed by atoms with Gasteiger partial charge in [-0.25, -0.2) is 0 Å². The highest BCUT2D eigenvalue weighted by Crippen LogP contribution is 2.36. The number of hydrogen-bond donors (Lipinski definition) is 0. The Labute approximate surface area is 165 Å². The van der Waals surface area contributed by atoms with Crippen LogP contribution in [-0.4, -0.2) is 21.2 Å². The molecule has 0 saturated heterocycles. The van der Waals surface area contributed by atoms with Crippen LogP contribution in [0.25, 0.3) is 0 Å². The molecule has 2 nitrogen and oxygen atoms in total. The molecule has 0 spiro atoms. The summed E-state index contributed by atoms with van der Waals surface area (Å²) in [6.07, 6.45) is 3.84. The predicted octanol–water partition coefficient (Wildman–Crippen LogP) is 4.73. The van der Waals surface area contributed by atoms with Crippen molar-refractivity contribution >= 4 is 25.0 Å². The Bertz CT molecular complexity index is 705. The van der Waals surface area contributed by atoms with Crippen LogP contribution >= 0.6 is 0 Å². The van der Waals surface area contributed by atoms with Crippen LogP contribution in [0.2, 0.25) is 5.04 Å². The first kappa shape index (κ1) is 21.3. The molecule has 0 aliphatic heterocycles. The molecule has 27 heavy (non-hydrogen) atoms. The van der Waals surface area contributed by atoms with E-state index in [0.717, 1.165) is 18.3 Å². The fourth-order valence-corrected chi connectivity index (χ4v) is 8.31.